The van der Waals surface area contributed by atoms with E-state index < -0.39 is 0 Å². The molecule has 1 aromatic heterocycles. The maximum absolute atomic E-state index is 2.50. The normalized spacial score (nSPS) is 11.2. The molecule has 0 saturated carbocycles. The van der Waals surface area contributed by atoms with Crippen LogP contribution in [0.1, 0.15) is 75.3 Å². The van der Waals surface area contributed by atoms with Crippen LogP contribution < -0.4 is 2.89 Å². The fourth-order valence-corrected chi connectivity index (χ4v) is 7.42. The summed E-state index contributed by atoms with van der Waals surface area (Å²) in [5, 5.41) is 0. The Labute approximate surface area is 134 Å². The molecular weight excluding hydrogens is 355 g/mol. The molecule has 0 aliphatic heterocycles. The number of unbranched alkanes of at least 4 members (excludes halogenated alkanes) is 3. The molecule has 0 unspecified atom stereocenters. The second kappa shape index (κ2) is 10.3. The number of thiophene rings is 1. The number of aryl methyl sites for hydroxylation is 1. The van der Waals surface area contributed by atoms with Crippen molar-refractivity contribution in [3.8, 4) is 0 Å². The summed E-state index contributed by atoms with van der Waals surface area (Å²) >= 11 is 1.93. The van der Waals surface area contributed by atoms with Gasteiger partial charge in [-0.2, -0.15) is 0 Å². The Balaban J connectivity index is 2.96. The number of hydrogen-bond acceptors (Lipinski definition) is 1. The summed E-state index contributed by atoms with van der Waals surface area (Å²) < 4.78 is 1.86. The summed E-state index contributed by atoms with van der Waals surface area (Å²) in [6.07, 6.45) is 12.2. The van der Waals surface area contributed by atoms with E-state index in [2.05, 4.69) is 37.0 Å². The van der Waals surface area contributed by atoms with E-state index in [4.69, 9.17) is 0 Å². The van der Waals surface area contributed by atoms with Crippen molar-refractivity contribution in [1.29, 1.82) is 0 Å². The molecule has 0 saturated heterocycles. The van der Waals surface area contributed by atoms with E-state index in [9.17, 15) is 0 Å². The Morgan fingerprint density at radius 3 is 1.84 bits per heavy atom. The third-order valence-corrected chi connectivity index (χ3v) is 9.29. The van der Waals surface area contributed by atoms with Gasteiger partial charge >= 0.3 is 135 Å². The average molecular weight is 385 g/mol. The molecule has 1 heterocycles. The van der Waals surface area contributed by atoms with Gasteiger partial charge in [0.1, 0.15) is 0 Å². The molecule has 19 heavy (non-hydrogen) atoms. The molecule has 0 nitrogen and oxygen atoms in total. The summed E-state index contributed by atoms with van der Waals surface area (Å²) in [6.45, 7) is 6.96. The molecule has 1 rings (SSSR count). The molecule has 0 aromatic carbocycles. The first kappa shape index (κ1) is 17.5. The Morgan fingerprint density at radius 1 is 0.789 bits per heavy atom. The number of hydrogen-bond donors (Lipinski definition) is 0. The minimum atomic E-state index is -0.269. The van der Waals surface area contributed by atoms with Crippen LogP contribution in [0, 0.1) is 0 Å². The van der Waals surface area contributed by atoms with Crippen molar-refractivity contribution in [2.75, 3.05) is 0 Å². The van der Waals surface area contributed by atoms with Crippen LogP contribution in [0.5, 0.6) is 0 Å². The molecular formula is C17H30SSn. The molecule has 0 aliphatic rings. The minimum absolute atomic E-state index is 0.269. The standard InChI is InChI=1S/C16H27S.CH3.Sn/c1-4-7-10-14-13-17-16(12-9-6-3)15(14)11-8-5-2;;/h4-12H2,1-3H3;1H3;. The predicted octanol–water partition coefficient (Wildman–Crippen LogP) is 5.15. The van der Waals surface area contributed by atoms with Crippen LogP contribution in [0.4, 0.5) is 0 Å². The van der Waals surface area contributed by atoms with Gasteiger partial charge in [0.25, 0.3) is 0 Å². The van der Waals surface area contributed by atoms with Gasteiger partial charge in [-0.25, -0.2) is 0 Å². The van der Waals surface area contributed by atoms with Gasteiger partial charge in [-0.15, -0.1) is 0 Å². The predicted molar refractivity (Wildman–Crippen MR) is 91.4 cm³/mol. The summed E-state index contributed by atoms with van der Waals surface area (Å²) in [7, 11) is 0. The van der Waals surface area contributed by atoms with E-state index in [0.717, 1.165) is 0 Å². The van der Waals surface area contributed by atoms with E-state index in [1.165, 1.54) is 57.8 Å². The number of rotatable bonds is 10. The fourth-order valence-electron chi connectivity index (χ4n) is 2.55. The first-order valence-electron chi connectivity index (χ1n) is 8.09. The Hall–Kier alpha value is 0.499. The second-order valence-corrected chi connectivity index (χ2v) is 10.4. The van der Waals surface area contributed by atoms with Crippen LogP contribution in [-0.2, 0) is 19.3 Å². The molecule has 0 spiro atoms. The van der Waals surface area contributed by atoms with Crippen molar-refractivity contribution in [3.63, 3.8) is 0 Å². The van der Waals surface area contributed by atoms with Gasteiger partial charge in [0.2, 0.25) is 0 Å². The average Bonchev–Trinajstić information content (AvgIpc) is 2.77. The van der Waals surface area contributed by atoms with E-state index in [-0.39, 0.29) is 21.1 Å². The van der Waals surface area contributed by atoms with E-state index in [1.54, 1.807) is 10.4 Å². The summed E-state index contributed by atoms with van der Waals surface area (Å²) in [5.74, 6) is 0. The summed E-state index contributed by atoms with van der Waals surface area (Å²) in [4.78, 5) is 4.26. The molecule has 0 aliphatic carbocycles. The molecule has 0 bridgehead atoms. The van der Waals surface area contributed by atoms with Crippen LogP contribution in [0.3, 0.4) is 0 Å². The summed E-state index contributed by atoms with van der Waals surface area (Å²) in [5.41, 5.74) is 3.62. The molecule has 0 fully saturated rings. The molecule has 0 amide bonds. The molecule has 0 atom stereocenters. The van der Waals surface area contributed by atoms with Crippen molar-refractivity contribution < 1.29 is 0 Å². The zero-order chi connectivity index (χ0) is 14.1. The van der Waals surface area contributed by atoms with Gasteiger partial charge in [-0.3, -0.25) is 0 Å². The Morgan fingerprint density at radius 2 is 1.32 bits per heavy atom. The van der Waals surface area contributed by atoms with Crippen molar-refractivity contribution >= 4 is 35.4 Å². The van der Waals surface area contributed by atoms with Crippen LogP contribution in [0.25, 0.3) is 0 Å². The van der Waals surface area contributed by atoms with Crippen molar-refractivity contribution in [2.24, 2.45) is 0 Å². The molecule has 1 aromatic rings. The van der Waals surface area contributed by atoms with Crippen LogP contribution in [0.2, 0.25) is 4.94 Å². The maximum atomic E-state index is 2.50. The van der Waals surface area contributed by atoms with E-state index in [0.29, 0.717) is 0 Å². The first-order chi connectivity index (χ1) is 9.28. The van der Waals surface area contributed by atoms with Crippen molar-refractivity contribution in [1.82, 2.24) is 0 Å². The quantitative estimate of drug-likeness (QED) is 0.489. The molecule has 108 valence electrons. The van der Waals surface area contributed by atoms with Gasteiger partial charge in [-0.05, 0) is 0 Å². The van der Waals surface area contributed by atoms with Crippen LogP contribution >= 0.6 is 11.3 Å². The topological polar surface area (TPSA) is 0 Å². The van der Waals surface area contributed by atoms with Gasteiger partial charge in [0.05, 0.1) is 0 Å². The molecule has 2 heteroatoms. The first-order valence-corrected chi connectivity index (χ1v) is 13.2. The van der Waals surface area contributed by atoms with Crippen LogP contribution in [-0.4, -0.2) is 21.1 Å². The van der Waals surface area contributed by atoms with Gasteiger partial charge in [-0.1, -0.05) is 0 Å². The van der Waals surface area contributed by atoms with Gasteiger partial charge in [0.15, 0.2) is 0 Å². The molecule has 2 radical (unpaired) electrons. The van der Waals surface area contributed by atoms with Gasteiger partial charge in [0, 0.05) is 0 Å². The van der Waals surface area contributed by atoms with E-state index in [1.807, 2.05) is 8.46 Å². The second-order valence-electron chi connectivity index (χ2n) is 5.37. The Kier molecular flexibility index (Phi) is 9.48. The van der Waals surface area contributed by atoms with Crippen molar-refractivity contribution in [2.45, 2.75) is 83.5 Å². The fraction of sp³-hybridized carbons (Fsp3) is 0.765. The van der Waals surface area contributed by atoms with Crippen molar-refractivity contribution in [3.05, 3.63) is 16.0 Å². The SMILES string of the molecule is CCCCc1s[c]([Sn][CH3])c(CCCC)c1CCCC. The zero-order valence-corrected chi connectivity index (χ0v) is 16.9. The summed E-state index contributed by atoms with van der Waals surface area (Å²) in [6, 6.07) is 0. The van der Waals surface area contributed by atoms with Gasteiger partial charge < -0.3 is 0 Å². The zero-order valence-electron chi connectivity index (χ0n) is 13.3. The third-order valence-electron chi connectivity index (χ3n) is 3.75. The van der Waals surface area contributed by atoms with Crippen LogP contribution in [0.15, 0.2) is 0 Å². The molecule has 0 N–H and O–H groups in total. The monoisotopic (exact) mass is 386 g/mol. The third kappa shape index (κ3) is 5.41. The Bertz CT molecular complexity index is 354. The van der Waals surface area contributed by atoms with E-state index >= 15 is 0 Å².